The first-order chi connectivity index (χ1) is 13.0. The van der Waals surface area contributed by atoms with Crippen molar-refractivity contribution in [1.82, 2.24) is 29.2 Å². The fraction of sp³-hybridized carbons (Fsp3) is 0.444. The van der Waals surface area contributed by atoms with Gasteiger partial charge in [0.1, 0.15) is 17.2 Å². The van der Waals surface area contributed by atoms with Gasteiger partial charge in [0.2, 0.25) is 0 Å². The Balaban J connectivity index is 1.68. The second-order valence-corrected chi connectivity index (χ2v) is 6.93. The van der Waals surface area contributed by atoms with Crippen LogP contribution in [0.5, 0.6) is 0 Å². The number of halogens is 2. The molecule has 1 aliphatic heterocycles. The Morgan fingerprint density at radius 1 is 1.19 bits per heavy atom. The van der Waals surface area contributed by atoms with E-state index < -0.39 is 6.43 Å². The van der Waals surface area contributed by atoms with Gasteiger partial charge in [-0.1, -0.05) is 0 Å². The molecule has 4 heterocycles. The van der Waals surface area contributed by atoms with Crippen LogP contribution in [0, 0.1) is 0 Å². The molecule has 0 aromatic carbocycles. The lowest BCUT2D eigenvalue weighted by molar-refractivity contribution is 0.145. The number of hydrogen-bond acceptors (Lipinski definition) is 6. The van der Waals surface area contributed by atoms with Crippen molar-refractivity contribution in [3.63, 3.8) is 0 Å². The summed E-state index contributed by atoms with van der Waals surface area (Å²) >= 11 is 0. The zero-order chi connectivity index (χ0) is 19.0. The maximum absolute atomic E-state index is 13.0. The summed E-state index contributed by atoms with van der Waals surface area (Å²) in [5.41, 5.74) is 0.745. The van der Waals surface area contributed by atoms with E-state index in [-0.39, 0.29) is 5.69 Å². The smallest absolute Gasteiger partial charge is 0.281 e. The highest BCUT2D eigenvalue weighted by Gasteiger charge is 2.23. The minimum absolute atomic E-state index is 0.303. The van der Waals surface area contributed by atoms with Crippen molar-refractivity contribution in [1.29, 1.82) is 0 Å². The maximum atomic E-state index is 13.0. The molecule has 9 heteroatoms. The molecule has 3 aromatic heterocycles. The van der Waals surface area contributed by atoms with Gasteiger partial charge >= 0.3 is 0 Å². The average molecular weight is 373 g/mol. The van der Waals surface area contributed by atoms with Crippen molar-refractivity contribution in [2.75, 3.05) is 32.1 Å². The summed E-state index contributed by atoms with van der Waals surface area (Å²) in [5, 5.41) is 0. The Hall–Kier alpha value is -2.68. The van der Waals surface area contributed by atoms with Crippen molar-refractivity contribution in [3.8, 4) is 11.5 Å². The van der Waals surface area contributed by atoms with Gasteiger partial charge in [0, 0.05) is 31.5 Å². The van der Waals surface area contributed by atoms with Crippen molar-refractivity contribution in [2.45, 2.75) is 25.3 Å². The fourth-order valence-electron chi connectivity index (χ4n) is 3.42. The Labute approximate surface area is 155 Å². The molecule has 0 spiro atoms. The first-order valence-electron chi connectivity index (χ1n) is 8.89. The van der Waals surface area contributed by atoms with Gasteiger partial charge in [-0.15, -0.1) is 0 Å². The zero-order valence-corrected chi connectivity index (χ0v) is 15.3. The van der Waals surface area contributed by atoms with E-state index in [0.717, 1.165) is 31.7 Å². The Morgan fingerprint density at radius 3 is 2.81 bits per heavy atom. The van der Waals surface area contributed by atoms with Crippen LogP contribution in [-0.4, -0.2) is 62.5 Å². The van der Waals surface area contributed by atoms with Crippen LogP contribution in [0.1, 0.15) is 25.0 Å². The van der Waals surface area contributed by atoms with Crippen molar-refractivity contribution < 1.29 is 8.78 Å². The molecule has 0 aliphatic carbocycles. The second kappa shape index (κ2) is 7.15. The summed E-state index contributed by atoms with van der Waals surface area (Å²) in [6.07, 6.45) is 5.53. The number of likely N-dealkylation sites (N-methyl/N-ethyl adjacent to an activating group) is 1. The minimum Gasteiger partial charge on any atom is -0.355 e. The monoisotopic (exact) mass is 373 g/mol. The van der Waals surface area contributed by atoms with E-state index in [1.54, 1.807) is 16.8 Å². The summed E-state index contributed by atoms with van der Waals surface area (Å²) in [5.74, 6) is 1.29. The molecule has 0 amide bonds. The molecule has 7 nitrogen and oxygen atoms in total. The lowest BCUT2D eigenvalue weighted by Gasteiger charge is -2.36. The predicted octanol–water partition coefficient (Wildman–Crippen LogP) is 2.65. The molecule has 4 rings (SSSR count). The van der Waals surface area contributed by atoms with Gasteiger partial charge in [0.25, 0.3) is 6.43 Å². The van der Waals surface area contributed by atoms with Crippen LogP contribution < -0.4 is 4.90 Å². The number of piperidine rings is 1. The number of hydrogen-bond donors (Lipinski definition) is 0. The van der Waals surface area contributed by atoms with Crippen molar-refractivity contribution in [3.05, 3.63) is 36.5 Å². The van der Waals surface area contributed by atoms with E-state index in [1.165, 1.54) is 12.4 Å². The van der Waals surface area contributed by atoms with Crippen LogP contribution in [0.15, 0.2) is 30.9 Å². The van der Waals surface area contributed by atoms with Crippen LogP contribution in [0.25, 0.3) is 17.2 Å². The third-order valence-corrected chi connectivity index (χ3v) is 4.96. The fourth-order valence-corrected chi connectivity index (χ4v) is 3.42. The number of fused-ring (bicyclic) bond motifs is 1. The second-order valence-electron chi connectivity index (χ2n) is 6.93. The van der Waals surface area contributed by atoms with Crippen LogP contribution in [0.3, 0.4) is 0 Å². The molecule has 1 aliphatic rings. The number of imidazole rings is 1. The predicted molar refractivity (Wildman–Crippen MR) is 97.9 cm³/mol. The largest absolute Gasteiger partial charge is 0.355 e. The molecule has 0 radical (unpaired) electrons. The molecule has 1 fully saturated rings. The lowest BCUT2D eigenvalue weighted by atomic mass is 10.1. The minimum atomic E-state index is -2.65. The highest BCUT2D eigenvalue weighted by molar-refractivity contribution is 5.58. The molecule has 1 unspecified atom stereocenters. The molecular formula is C18H21F2N7. The molecule has 27 heavy (non-hydrogen) atoms. The van der Waals surface area contributed by atoms with Gasteiger partial charge in [-0.25, -0.2) is 28.7 Å². The first-order valence-corrected chi connectivity index (χ1v) is 8.89. The number of alkyl halides is 2. The quantitative estimate of drug-likeness (QED) is 0.701. The number of nitrogens with zero attached hydrogens (tertiary/aromatic N) is 7. The van der Waals surface area contributed by atoms with Gasteiger partial charge in [0.15, 0.2) is 11.5 Å². The molecule has 0 N–H and O–H groups in total. The SMILES string of the molecule is CN(C)C1CCCN(c2ccnc(-c3cnc4cnc(C(F)F)cn34)n2)C1. The third kappa shape index (κ3) is 3.46. The van der Waals surface area contributed by atoms with Gasteiger partial charge in [0.05, 0.1) is 12.4 Å². The van der Waals surface area contributed by atoms with E-state index in [4.69, 9.17) is 0 Å². The Kier molecular flexibility index (Phi) is 4.69. The van der Waals surface area contributed by atoms with Gasteiger partial charge in [-0.2, -0.15) is 0 Å². The Morgan fingerprint density at radius 2 is 2.04 bits per heavy atom. The lowest BCUT2D eigenvalue weighted by Crippen LogP contribution is -2.45. The third-order valence-electron chi connectivity index (χ3n) is 4.96. The molecule has 142 valence electrons. The van der Waals surface area contributed by atoms with Gasteiger partial charge in [-0.3, -0.25) is 4.40 Å². The summed E-state index contributed by atoms with van der Waals surface area (Å²) in [6.45, 7) is 1.84. The number of rotatable bonds is 4. The number of anilines is 1. The van der Waals surface area contributed by atoms with E-state index in [0.29, 0.717) is 23.2 Å². The van der Waals surface area contributed by atoms with Crippen LogP contribution >= 0.6 is 0 Å². The zero-order valence-electron chi connectivity index (χ0n) is 15.3. The number of aromatic nitrogens is 5. The summed E-state index contributed by atoms with van der Waals surface area (Å²) < 4.78 is 27.6. The molecule has 1 atom stereocenters. The van der Waals surface area contributed by atoms with Crippen LogP contribution in [-0.2, 0) is 0 Å². The Bertz CT molecular complexity index is 940. The standard InChI is InChI=1S/C18H21F2N7/c1-25(2)12-4-3-7-26(10-12)15-5-6-21-18(24-15)14-8-23-16-9-22-13(17(19)20)11-27(14)16/h5-6,8-9,11-12,17H,3-4,7,10H2,1-2H3. The molecule has 0 bridgehead atoms. The summed E-state index contributed by atoms with van der Waals surface area (Å²) in [6, 6.07) is 2.37. The van der Waals surface area contributed by atoms with Crippen molar-refractivity contribution in [2.24, 2.45) is 0 Å². The average Bonchev–Trinajstić information content (AvgIpc) is 3.11. The van der Waals surface area contributed by atoms with E-state index >= 15 is 0 Å². The maximum Gasteiger partial charge on any atom is 0.281 e. The van der Waals surface area contributed by atoms with Crippen LogP contribution in [0.2, 0.25) is 0 Å². The van der Waals surface area contributed by atoms with E-state index in [2.05, 4.69) is 43.8 Å². The summed E-state index contributed by atoms with van der Waals surface area (Å²) in [7, 11) is 4.18. The molecular weight excluding hydrogens is 352 g/mol. The highest BCUT2D eigenvalue weighted by Crippen LogP contribution is 2.24. The summed E-state index contributed by atoms with van der Waals surface area (Å²) in [4.78, 5) is 21.5. The van der Waals surface area contributed by atoms with E-state index in [1.807, 2.05) is 6.07 Å². The van der Waals surface area contributed by atoms with Gasteiger partial charge < -0.3 is 9.80 Å². The molecule has 1 saturated heterocycles. The normalized spacial score (nSPS) is 18.0. The first kappa shape index (κ1) is 17.7. The molecule has 3 aromatic rings. The highest BCUT2D eigenvalue weighted by atomic mass is 19.3. The van der Waals surface area contributed by atoms with Crippen LogP contribution in [0.4, 0.5) is 14.6 Å². The van der Waals surface area contributed by atoms with Gasteiger partial charge in [-0.05, 0) is 33.0 Å². The molecule has 0 saturated carbocycles. The van der Waals surface area contributed by atoms with E-state index in [9.17, 15) is 8.78 Å². The topological polar surface area (TPSA) is 62.5 Å². The van der Waals surface area contributed by atoms with Crippen molar-refractivity contribution >= 4 is 11.5 Å².